The van der Waals surface area contributed by atoms with Gasteiger partial charge in [-0.25, -0.2) is 19.9 Å². The summed E-state index contributed by atoms with van der Waals surface area (Å²) in [5.41, 5.74) is 2.88. The van der Waals surface area contributed by atoms with Crippen molar-refractivity contribution in [3.8, 4) is 23.0 Å². The lowest BCUT2D eigenvalue weighted by Crippen LogP contribution is -2.49. The van der Waals surface area contributed by atoms with Gasteiger partial charge >= 0.3 is 5.76 Å². The van der Waals surface area contributed by atoms with Gasteiger partial charge in [0, 0.05) is 23.7 Å². The van der Waals surface area contributed by atoms with Crippen LogP contribution >= 0.6 is 11.6 Å². The molecule has 0 spiro atoms. The molecule has 1 aliphatic carbocycles. The van der Waals surface area contributed by atoms with Crippen LogP contribution in [0.5, 0.6) is 0 Å². The molecule has 4 heterocycles. The van der Waals surface area contributed by atoms with E-state index >= 15 is 0 Å². The zero-order chi connectivity index (χ0) is 26.4. The van der Waals surface area contributed by atoms with Gasteiger partial charge in [0.05, 0.1) is 18.8 Å². The van der Waals surface area contributed by atoms with Crippen LogP contribution in [-0.2, 0) is 11.3 Å². The fourth-order valence-corrected chi connectivity index (χ4v) is 5.85. The third-order valence-corrected chi connectivity index (χ3v) is 8.26. The number of ether oxygens (including phenoxy) is 1. The van der Waals surface area contributed by atoms with Crippen molar-refractivity contribution in [1.82, 2.24) is 29.7 Å². The predicted molar refractivity (Wildman–Crippen MR) is 145 cm³/mol. The summed E-state index contributed by atoms with van der Waals surface area (Å²) in [6, 6.07) is 7.72. The predicted octanol–water partition coefficient (Wildman–Crippen LogP) is 4.93. The molecule has 0 amide bonds. The van der Waals surface area contributed by atoms with E-state index < -0.39 is 5.76 Å². The largest absolute Gasteiger partial charge is 0.434 e. The van der Waals surface area contributed by atoms with E-state index in [1.807, 2.05) is 24.3 Å². The van der Waals surface area contributed by atoms with E-state index in [1.165, 1.54) is 25.7 Å². The number of hydrogen-bond acceptors (Lipinski definition) is 8. The van der Waals surface area contributed by atoms with Crippen molar-refractivity contribution >= 4 is 28.7 Å². The lowest BCUT2D eigenvalue weighted by molar-refractivity contribution is 0.0274. The number of rotatable bonds is 5. The standard InChI is InChI=1S/C27H32ClN7O3/c1-15-7-9-18(10-8-15)14-35-22-21(19-5-4-6-20(28)13-19)29-24(25-32-33-27(36)38-25)30-23(22)31-26(35)34-11-12-37-17(3)16(34)2/h4-6,13,15-18H,7-12,14H2,1-3H3,(H,33,36)/t15?,16-,17+,18?/m1/s1. The highest BCUT2D eigenvalue weighted by Crippen LogP contribution is 2.37. The minimum absolute atomic E-state index is 0.0194. The van der Waals surface area contributed by atoms with Crippen LogP contribution in [0, 0.1) is 11.8 Å². The van der Waals surface area contributed by atoms with E-state index in [0.29, 0.717) is 28.9 Å². The first-order valence-corrected chi connectivity index (χ1v) is 13.7. The maximum Gasteiger partial charge on any atom is 0.434 e. The van der Waals surface area contributed by atoms with E-state index in [9.17, 15) is 4.79 Å². The van der Waals surface area contributed by atoms with Crippen LogP contribution in [0.1, 0.15) is 46.5 Å². The van der Waals surface area contributed by atoms with Gasteiger partial charge in [0.1, 0.15) is 11.2 Å². The van der Waals surface area contributed by atoms with Crippen LogP contribution in [0.3, 0.4) is 0 Å². The van der Waals surface area contributed by atoms with Gasteiger partial charge in [-0.2, -0.15) is 4.98 Å². The summed E-state index contributed by atoms with van der Waals surface area (Å²) >= 11 is 6.41. The third kappa shape index (κ3) is 4.71. The number of nitrogens with one attached hydrogen (secondary N) is 1. The first kappa shape index (κ1) is 25.1. The second-order valence-electron chi connectivity index (χ2n) is 10.7. The number of benzene rings is 1. The summed E-state index contributed by atoms with van der Waals surface area (Å²) in [4.78, 5) is 28.7. The number of hydrogen-bond donors (Lipinski definition) is 1. The second-order valence-corrected chi connectivity index (χ2v) is 11.1. The van der Waals surface area contributed by atoms with Crippen molar-refractivity contribution in [2.24, 2.45) is 11.8 Å². The Morgan fingerprint density at radius 3 is 2.66 bits per heavy atom. The number of aromatic amines is 1. The average molecular weight is 538 g/mol. The van der Waals surface area contributed by atoms with Gasteiger partial charge in [-0.1, -0.05) is 43.5 Å². The minimum atomic E-state index is -0.665. The van der Waals surface area contributed by atoms with E-state index in [0.717, 1.165) is 36.0 Å². The van der Waals surface area contributed by atoms with Gasteiger partial charge in [0.2, 0.25) is 11.8 Å². The van der Waals surface area contributed by atoms with Gasteiger partial charge in [0.15, 0.2) is 5.65 Å². The zero-order valence-electron chi connectivity index (χ0n) is 21.9. The van der Waals surface area contributed by atoms with Gasteiger partial charge in [0.25, 0.3) is 5.89 Å². The molecule has 38 heavy (non-hydrogen) atoms. The Kier molecular flexibility index (Phi) is 6.69. The highest BCUT2D eigenvalue weighted by molar-refractivity contribution is 6.30. The average Bonchev–Trinajstić information content (AvgIpc) is 3.50. The summed E-state index contributed by atoms with van der Waals surface area (Å²) < 4.78 is 13.4. The number of morpholine rings is 1. The molecule has 1 aliphatic heterocycles. The molecule has 2 fully saturated rings. The third-order valence-electron chi connectivity index (χ3n) is 8.03. The maximum atomic E-state index is 11.7. The Morgan fingerprint density at radius 2 is 1.92 bits per heavy atom. The molecule has 1 saturated heterocycles. The normalized spacial score (nSPS) is 24.3. The molecular weight excluding hydrogens is 506 g/mol. The summed E-state index contributed by atoms with van der Waals surface area (Å²) in [6.07, 6.45) is 4.90. The van der Waals surface area contributed by atoms with Crippen LogP contribution in [0.15, 0.2) is 33.5 Å². The number of nitrogens with zero attached hydrogens (tertiary/aromatic N) is 6. The quantitative estimate of drug-likeness (QED) is 0.381. The minimum Gasteiger partial charge on any atom is -0.384 e. The lowest BCUT2D eigenvalue weighted by Gasteiger charge is -2.39. The Bertz CT molecular complexity index is 1500. The fraction of sp³-hybridized carbons (Fsp3) is 0.519. The number of anilines is 1. The molecular formula is C27H32ClN7O3. The first-order valence-electron chi connectivity index (χ1n) is 13.4. The number of halogens is 1. The lowest BCUT2D eigenvalue weighted by atomic mass is 9.83. The molecule has 0 radical (unpaired) electrons. The smallest absolute Gasteiger partial charge is 0.384 e. The summed E-state index contributed by atoms with van der Waals surface area (Å²) in [6.45, 7) is 8.80. The SMILES string of the molecule is CC1CCC(Cn2c(N3CCO[C@@H](C)[C@H]3C)nc3nc(-c4n[nH]c(=O)o4)nc(-c4cccc(Cl)c4)c32)CC1. The topological polar surface area (TPSA) is 115 Å². The number of aromatic nitrogens is 6. The second kappa shape index (κ2) is 10.1. The van der Waals surface area contributed by atoms with Gasteiger partial charge < -0.3 is 18.6 Å². The molecule has 1 saturated carbocycles. The van der Waals surface area contributed by atoms with Crippen molar-refractivity contribution in [2.75, 3.05) is 18.1 Å². The van der Waals surface area contributed by atoms with Crippen LogP contribution in [0.25, 0.3) is 34.1 Å². The molecule has 3 aromatic heterocycles. The molecule has 0 bridgehead atoms. The highest BCUT2D eigenvalue weighted by Gasteiger charge is 2.32. The van der Waals surface area contributed by atoms with Crippen LogP contribution in [-0.4, -0.2) is 55.0 Å². The Hall–Kier alpha value is -3.24. The molecule has 6 rings (SSSR count). The molecule has 10 nitrogen and oxygen atoms in total. The first-order chi connectivity index (χ1) is 18.4. The van der Waals surface area contributed by atoms with Gasteiger partial charge in [-0.3, -0.25) is 0 Å². The molecule has 1 aromatic carbocycles. The monoisotopic (exact) mass is 537 g/mol. The molecule has 2 atom stereocenters. The Labute approximate surface area is 225 Å². The molecule has 200 valence electrons. The molecule has 2 aliphatic rings. The van der Waals surface area contributed by atoms with Crippen LogP contribution in [0.4, 0.5) is 5.95 Å². The molecule has 4 aromatic rings. The van der Waals surface area contributed by atoms with Crippen molar-refractivity contribution in [3.63, 3.8) is 0 Å². The van der Waals surface area contributed by atoms with E-state index in [4.69, 9.17) is 35.7 Å². The maximum absolute atomic E-state index is 11.7. The van der Waals surface area contributed by atoms with Crippen LogP contribution in [0.2, 0.25) is 5.02 Å². The summed E-state index contributed by atoms with van der Waals surface area (Å²) in [5, 5.41) is 6.87. The molecule has 0 unspecified atom stereocenters. The van der Waals surface area contributed by atoms with Gasteiger partial charge in [-0.05, 0) is 50.7 Å². The molecule has 1 N–H and O–H groups in total. The van der Waals surface area contributed by atoms with E-state index in [2.05, 4.69) is 40.4 Å². The number of imidazole rings is 1. The summed E-state index contributed by atoms with van der Waals surface area (Å²) in [7, 11) is 0. The summed E-state index contributed by atoms with van der Waals surface area (Å²) in [5.74, 6) is 1.71. The van der Waals surface area contributed by atoms with Crippen molar-refractivity contribution in [3.05, 3.63) is 39.8 Å². The van der Waals surface area contributed by atoms with E-state index in [1.54, 1.807) is 0 Å². The zero-order valence-corrected chi connectivity index (χ0v) is 22.6. The van der Waals surface area contributed by atoms with Gasteiger partial charge in [-0.15, -0.1) is 5.10 Å². The number of fused-ring (bicyclic) bond motifs is 1. The molecule has 11 heteroatoms. The van der Waals surface area contributed by atoms with Crippen molar-refractivity contribution < 1.29 is 9.15 Å². The fourth-order valence-electron chi connectivity index (χ4n) is 5.66. The number of H-pyrrole nitrogens is 1. The van der Waals surface area contributed by atoms with E-state index in [-0.39, 0.29) is 23.9 Å². The van der Waals surface area contributed by atoms with Crippen molar-refractivity contribution in [1.29, 1.82) is 0 Å². The highest BCUT2D eigenvalue weighted by atomic mass is 35.5. The Balaban J connectivity index is 1.58. The van der Waals surface area contributed by atoms with Crippen molar-refractivity contribution in [2.45, 2.75) is 65.1 Å². The van der Waals surface area contributed by atoms with Crippen LogP contribution < -0.4 is 10.7 Å². The Morgan fingerprint density at radius 1 is 1.11 bits per heavy atom.